The van der Waals surface area contributed by atoms with Crippen molar-refractivity contribution in [2.45, 2.75) is 32.1 Å². The Bertz CT molecular complexity index is 1050. The van der Waals surface area contributed by atoms with Gasteiger partial charge in [0.05, 0.1) is 5.52 Å². The van der Waals surface area contributed by atoms with Crippen LogP contribution in [-0.2, 0) is 11.3 Å². The van der Waals surface area contributed by atoms with Gasteiger partial charge in [-0.05, 0) is 49.1 Å². The third kappa shape index (κ3) is 3.29. The second kappa shape index (κ2) is 7.52. The maximum Gasteiger partial charge on any atom is 0.150 e. The average Bonchev–Trinajstić information content (AvgIpc) is 3.41. The lowest BCUT2D eigenvalue weighted by Crippen LogP contribution is -2.19. The van der Waals surface area contributed by atoms with Crippen molar-refractivity contribution >= 4 is 10.9 Å². The van der Waals surface area contributed by atoms with Gasteiger partial charge in [0.2, 0.25) is 0 Å². The molecule has 5 nitrogen and oxygen atoms in total. The number of hydrogen-bond donors (Lipinski definition) is 1. The fourth-order valence-electron chi connectivity index (χ4n) is 3.77. The van der Waals surface area contributed by atoms with Crippen molar-refractivity contribution < 1.29 is 9.47 Å². The van der Waals surface area contributed by atoms with Gasteiger partial charge in [-0.25, -0.2) is 4.68 Å². The monoisotopic (exact) mass is 373 g/mol. The fourth-order valence-corrected chi connectivity index (χ4v) is 3.77. The van der Waals surface area contributed by atoms with Gasteiger partial charge < -0.3 is 14.5 Å². The van der Waals surface area contributed by atoms with Crippen LogP contribution in [0.15, 0.2) is 67.0 Å². The number of nitrogens with one attached hydrogen (secondary N) is 1. The predicted molar refractivity (Wildman–Crippen MR) is 109 cm³/mol. The zero-order chi connectivity index (χ0) is 18.8. The van der Waals surface area contributed by atoms with Crippen LogP contribution in [0, 0.1) is 0 Å². The Morgan fingerprint density at radius 1 is 1.11 bits per heavy atom. The molecule has 142 valence electrons. The van der Waals surface area contributed by atoms with Gasteiger partial charge >= 0.3 is 0 Å². The lowest BCUT2D eigenvalue weighted by atomic mass is 10.1. The van der Waals surface area contributed by atoms with Gasteiger partial charge in [0, 0.05) is 30.0 Å². The summed E-state index contributed by atoms with van der Waals surface area (Å²) in [5.41, 5.74) is 4.25. The molecule has 5 heteroatoms. The number of fused-ring (bicyclic) bond motifs is 1. The summed E-state index contributed by atoms with van der Waals surface area (Å²) >= 11 is 0. The molecule has 5 rings (SSSR count). The Balaban J connectivity index is 1.52. The summed E-state index contributed by atoms with van der Waals surface area (Å²) in [6, 6.07) is 18.5. The first kappa shape index (κ1) is 17.1. The van der Waals surface area contributed by atoms with Crippen LogP contribution >= 0.6 is 0 Å². The van der Waals surface area contributed by atoms with Gasteiger partial charge in [0.1, 0.15) is 18.1 Å². The molecule has 1 unspecified atom stereocenters. The lowest BCUT2D eigenvalue weighted by Gasteiger charge is -2.23. The molecule has 0 bridgehead atoms. The average molecular weight is 373 g/mol. The summed E-state index contributed by atoms with van der Waals surface area (Å²) in [7, 11) is 0. The minimum absolute atomic E-state index is 0.0000268. The van der Waals surface area contributed by atoms with Crippen LogP contribution in [-0.4, -0.2) is 21.4 Å². The molecular weight excluding hydrogens is 350 g/mol. The molecule has 3 heterocycles. The molecule has 2 aromatic heterocycles. The minimum Gasteiger partial charge on any atom is -0.489 e. The first-order valence-electron chi connectivity index (χ1n) is 9.82. The molecule has 1 N–H and O–H groups in total. The van der Waals surface area contributed by atoms with Gasteiger partial charge in [0.25, 0.3) is 0 Å². The molecule has 4 aromatic rings. The molecule has 1 fully saturated rings. The van der Waals surface area contributed by atoms with Crippen LogP contribution in [0.1, 0.15) is 31.1 Å². The first-order chi connectivity index (χ1) is 13.9. The molecule has 0 aliphatic carbocycles. The Kier molecular flexibility index (Phi) is 4.59. The second-order valence-electron chi connectivity index (χ2n) is 7.17. The van der Waals surface area contributed by atoms with E-state index < -0.39 is 0 Å². The molecular formula is C23H23N3O2. The van der Waals surface area contributed by atoms with Crippen molar-refractivity contribution in [3.05, 3.63) is 72.6 Å². The molecule has 0 spiro atoms. The molecule has 2 aromatic carbocycles. The van der Waals surface area contributed by atoms with Crippen LogP contribution in [0.4, 0.5) is 0 Å². The highest BCUT2D eigenvalue weighted by Gasteiger charge is 2.22. The molecule has 1 saturated heterocycles. The summed E-state index contributed by atoms with van der Waals surface area (Å²) in [5, 5.41) is 6.01. The van der Waals surface area contributed by atoms with Crippen molar-refractivity contribution in [3.63, 3.8) is 0 Å². The van der Waals surface area contributed by atoms with Gasteiger partial charge in [-0.2, -0.15) is 5.10 Å². The topological polar surface area (TPSA) is 52.1 Å². The summed E-state index contributed by atoms with van der Waals surface area (Å²) in [5.74, 6) is 0.845. The number of benzene rings is 2. The van der Waals surface area contributed by atoms with Gasteiger partial charge in [0.15, 0.2) is 6.23 Å². The summed E-state index contributed by atoms with van der Waals surface area (Å²) in [4.78, 5) is 3.13. The number of aromatic amines is 1. The van der Waals surface area contributed by atoms with Crippen LogP contribution in [0.2, 0.25) is 0 Å². The first-order valence-corrected chi connectivity index (χ1v) is 9.82. The Morgan fingerprint density at radius 3 is 2.82 bits per heavy atom. The maximum atomic E-state index is 6.05. The number of ether oxygens (including phenoxy) is 2. The zero-order valence-electron chi connectivity index (χ0n) is 15.7. The summed E-state index contributed by atoms with van der Waals surface area (Å²) in [6.07, 6.45) is 7.19. The van der Waals surface area contributed by atoms with E-state index in [1.807, 2.05) is 47.4 Å². The molecule has 0 radical (unpaired) electrons. The van der Waals surface area contributed by atoms with Crippen LogP contribution < -0.4 is 4.74 Å². The third-order valence-corrected chi connectivity index (χ3v) is 5.23. The maximum absolute atomic E-state index is 6.05. The van der Waals surface area contributed by atoms with Crippen LogP contribution in [0.25, 0.3) is 22.2 Å². The number of nitrogens with zero attached hydrogens (tertiary/aromatic N) is 2. The standard InChI is InChI=1S/C23H23N3O2/c1-2-6-17(7-3-1)16-28-19-9-10-21-20(14-19)23(18-11-12-24-15-18)25-26(21)22-8-4-5-13-27-22/h1-3,6-7,9-12,14-15,22,24H,4-5,8,13,16H2. The van der Waals surface area contributed by atoms with Gasteiger partial charge in [-0.1, -0.05) is 30.3 Å². The van der Waals surface area contributed by atoms with E-state index in [2.05, 4.69) is 29.2 Å². The molecule has 0 amide bonds. The van der Waals surface area contributed by atoms with Crippen molar-refractivity contribution in [2.75, 3.05) is 6.61 Å². The molecule has 1 aliphatic heterocycles. The molecule has 0 saturated carbocycles. The van der Waals surface area contributed by atoms with Crippen molar-refractivity contribution in [3.8, 4) is 17.0 Å². The number of hydrogen-bond acceptors (Lipinski definition) is 3. The van der Waals surface area contributed by atoms with Crippen LogP contribution in [0.5, 0.6) is 5.75 Å². The zero-order valence-corrected chi connectivity index (χ0v) is 15.7. The quantitative estimate of drug-likeness (QED) is 0.516. The van der Waals surface area contributed by atoms with E-state index in [0.717, 1.165) is 52.9 Å². The van der Waals surface area contributed by atoms with E-state index in [9.17, 15) is 0 Å². The molecule has 28 heavy (non-hydrogen) atoms. The van der Waals surface area contributed by atoms with Gasteiger partial charge in [-0.3, -0.25) is 0 Å². The number of H-pyrrole nitrogens is 1. The number of rotatable bonds is 5. The normalized spacial score (nSPS) is 17.1. The smallest absolute Gasteiger partial charge is 0.150 e. The van der Waals surface area contributed by atoms with E-state index in [1.165, 1.54) is 6.42 Å². The number of aromatic nitrogens is 3. The Labute approximate surface area is 163 Å². The lowest BCUT2D eigenvalue weighted by molar-refractivity contribution is -0.0365. The predicted octanol–water partition coefficient (Wildman–Crippen LogP) is 5.31. The van der Waals surface area contributed by atoms with E-state index >= 15 is 0 Å². The highest BCUT2D eigenvalue weighted by atomic mass is 16.5. The van der Waals surface area contributed by atoms with E-state index in [0.29, 0.717) is 6.61 Å². The molecule has 1 atom stereocenters. The molecule has 1 aliphatic rings. The highest BCUT2D eigenvalue weighted by Crippen LogP contribution is 2.34. The van der Waals surface area contributed by atoms with Crippen molar-refractivity contribution in [1.29, 1.82) is 0 Å². The fraction of sp³-hybridized carbons (Fsp3) is 0.261. The van der Waals surface area contributed by atoms with Gasteiger partial charge in [-0.15, -0.1) is 0 Å². The highest BCUT2D eigenvalue weighted by molar-refractivity contribution is 5.94. The minimum atomic E-state index is 0.0000268. The Hall–Kier alpha value is -3.05. The largest absolute Gasteiger partial charge is 0.489 e. The third-order valence-electron chi connectivity index (χ3n) is 5.23. The van der Waals surface area contributed by atoms with E-state index in [-0.39, 0.29) is 6.23 Å². The van der Waals surface area contributed by atoms with E-state index in [4.69, 9.17) is 14.6 Å². The second-order valence-corrected chi connectivity index (χ2v) is 7.17. The van der Waals surface area contributed by atoms with Crippen molar-refractivity contribution in [2.24, 2.45) is 0 Å². The summed E-state index contributed by atoms with van der Waals surface area (Å²) < 4.78 is 14.1. The SMILES string of the molecule is c1ccc(COc2ccc3c(c2)c(-c2cc[nH]c2)nn3C2CCCCO2)cc1. The van der Waals surface area contributed by atoms with E-state index in [1.54, 1.807) is 0 Å². The van der Waals surface area contributed by atoms with Crippen LogP contribution in [0.3, 0.4) is 0 Å². The summed E-state index contributed by atoms with van der Waals surface area (Å²) in [6.45, 7) is 1.34. The van der Waals surface area contributed by atoms with Crippen molar-refractivity contribution in [1.82, 2.24) is 14.8 Å². The Morgan fingerprint density at radius 2 is 2.04 bits per heavy atom.